The highest BCUT2D eigenvalue weighted by Gasteiger charge is 2.28. The molecule has 23 heavy (non-hydrogen) atoms. The van der Waals surface area contributed by atoms with Gasteiger partial charge in [-0.3, -0.25) is 0 Å². The lowest BCUT2D eigenvalue weighted by atomic mass is 9.89. The Balaban J connectivity index is 1.73. The maximum absolute atomic E-state index is 6.51. The summed E-state index contributed by atoms with van der Waals surface area (Å²) in [5.41, 5.74) is 6.66. The zero-order valence-corrected chi connectivity index (χ0v) is 12.9. The van der Waals surface area contributed by atoms with Crippen LogP contribution >= 0.6 is 0 Å². The van der Waals surface area contributed by atoms with Gasteiger partial charge in [-0.25, -0.2) is 0 Å². The molecule has 0 heterocycles. The summed E-state index contributed by atoms with van der Waals surface area (Å²) in [5.74, 6) is 0. The number of fused-ring (bicyclic) bond motifs is 2. The van der Waals surface area contributed by atoms with E-state index in [1.54, 1.807) is 0 Å². The highest BCUT2D eigenvalue weighted by molar-refractivity contribution is 5.64. The third-order valence-corrected chi connectivity index (χ3v) is 4.46. The Hall–Kier alpha value is -2.64. The van der Waals surface area contributed by atoms with E-state index >= 15 is 0 Å². The maximum atomic E-state index is 6.51. The summed E-state index contributed by atoms with van der Waals surface area (Å²) in [5, 5.41) is 0. The molecule has 2 aliphatic rings. The van der Waals surface area contributed by atoms with Crippen LogP contribution in [0.25, 0.3) is 12.2 Å². The Morgan fingerprint density at radius 2 is 1.04 bits per heavy atom. The van der Waals surface area contributed by atoms with Gasteiger partial charge in [0.15, 0.2) is 0 Å². The predicted molar refractivity (Wildman–Crippen MR) is 95.8 cm³/mol. The van der Waals surface area contributed by atoms with Gasteiger partial charge in [-0.2, -0.15) is 0 Å². The molecule has 1 heteroatoms. The van der Waals surface area contributed by atoms with E-state index in [1.165, 1.54) is 22.3 Å². The molecule has 0 fully saturated rings. The van der Waals surface area contributed by atoms with Crippen LogP contribution in [0, 0.1) is 0 Å². The van der Waals surface area contributed by atoms with Crippen LogP contribution in [0.3, 0.4) is 0 Å². The first kappa shape index (κ1) is 14.0. The van der Waals surface area contributed by atoms with Crippen LogP contribution in [0.5, 0.6) is 0 Å². The quantitative estimate of drug-likeness (QED) is 0.696. The molecule has 2 atom stereocenters. The van der Waals surface area contributed by atoms with Crippen molar-refractivity contribution >= 4 is 12.2 Å². The second-order valence-corrected chi connectivity index (χ2v) is 5.97. The lowest BCUT2D eigenvalue weighted by Gasteiger charge is -2.31. The van der Waals surface area contributed by atoms with Crippen molar-refractivity contribution in [3.05, 3.63) is 107 Å². The van der Waals surface area contributed by atoms with Gasteiger partial charge in [0, 0.05) is 0 Å². The third-order valence-electron chi connectivity index (χ3n) is 4.46. The molecule has 0 N–H and O–H groups in total. The van der Waals surface area contributed by atoms with Crippen LogP contribution in [0.4, 0.5) is 0 Å². The smallest absolute Gasteiger partial charge is 0.109 e. The van der Waals surface area contributed by atoms with Crippen molar-refractivity contribution in [3.8, 4) is 0 Å². The van der Waals surface area contributed by atoms with E-state index in [-0.39, 0.29) is 12.2 Å². The minimum Gasteiger partial charge on any atom is -0.356 e. The molecule has 112 valence electrons. The fraction of sp³-hybridized carbons (Fsp3) is 0.0909. The molecule has 0 bridgehead atoms. The van der Waals surface area contributed by atoms with Crippen molar-refractivity contribution in [2.45, 2.75) is 12.2 Å². The number of ether oxygens (including phenoxy) is 1. The largest absolute Gasteiger partial charge is 0.356 e. The standard InChI is InChI=1S/C22H18O/c1-15-11-13-17-7-3-5-9-19(17)21(15)23-22-16(2)12-14-18-8-4-6-10-20(18)22/h3-14,21-22H,1-2H2. The average Bonchev–Trinajstić information content (AvgIpc) is 2.59. The number of rotatable bonds is 2. The van der Waals surface area contributed by atoms with Gasteiger partial charge in [0.1, 0.15) is 12.2 Å². The predicted octanol–water partition coefficient (Wildman–Crippen LogP) is 5.65. The van der Waals surface area contributed by atoms with Gasteiger partial charge in [-0.1, -0.05) is 86.0 Å². The van der Waals surface area contributed by atoms with E-state index in [0.29, 0.717) is 0 Å². The topological polar surface area (TPSA) is 9.23 Å². The molecule has 0 saturated heterocycles. The van der Waals surface area contributed by atoms with Crippen LogP contribution in [0.1, 0.15) is 34.5 Å². The van der Waals surface area contributed by atoms with Crippen LogP contribution in [-0.4, -0.2) is 0 Å². The monoisotopic (exact) mass is 298 g/mol. The molecule has 1 nitrogen and oxygen atoms in total. The van der Waals surface area contributed by atoms with Crippen molar-refractivity contribution in [2.75, 3.05) is 0 Å². The molecular formula is C22H18O. The summed E-state index contributed by atoms with van der Waals surface area (Å²) >= 11 is 0. The molecule has 0 saturated carbocycles. The van der Waals surface area contributed by atoms with E-state index in [0.717, 1.165) is 11.1 Å². The number of benzene rings is 2. The van der Waals surface area contributed by atoms with E-state index < -0.39 is 0 Å². The molecule has 4 rings (SSSR count). The minimum absolute atomic E-state index is 0.141. The minimum atomic E-state index is -0.141. The maximum Gasteiger partial charge on any atom is 0.109 e. The molecule has 0 amide bonds. The molecule has 0 radical (unpaired) electrons. The summed E-state index contributed by atoms with van der Waals surface area (Å²) < 4.78 is 6.51. The number of hydrogen-bond donors (Lipinski definition) is 0. The second kappa shape index (κ2) is 5.53. The summed E-state index contributed by atoms with van der Waals surface area (Å²) in [4.78, 5) is 0. The van der Waals surface area contributed by atoms with Crippen LogP contribution in [0.2, 0.25) is 0 Å². The van der Waals surface area contributed by atoms with Gasteiger partial charge in [0.2, 0.25) is 0 Å². The van der Waals surface area contributed by atoms with Crippen LogP contribution in [-0.2, 0) is 4.74 Å². The summed E-state index contributed by atoms with van der Waals surface area (Å²) in [6.45, 7) is 8.36. The van der Waals surface area contributed by atoms with Crippen molar-refractivity contribution < 1.29 is 4.74 Å². The summed E-state index contributed by atoms with van der Waals surface area (Å²) in [6, 6.07) is 16.6. The van der Waals surface area contributed by atoms with Crippen LogP contribution < -0.4 is 0 Å². The zero-order chi connectivity index (χ0) is 15.8. The highest BCUT2D eigenvalue weighted by Crippen LogP contribution is 2.42. The fourth-order valence-electron chi connectivity index (χ4n) is 3.23. The molecule has 2 aromatic carbocycles. The van der Waals surface area contributed by atoms with E-state index in [9.17, 15) is 0 Å². The van der Waals surface area contributed by atoms with Gasteiger partial charge in [-0.05, 0) is 33.4 Å². The third kappa shape index (κ3) is 2.39. The van der Waals surface area contributed by atoms with Gasteiger partial charge in [-0.15, -0.1) is 0 Å². The molecular weight excluding hydrogens is 280 g/mol. The first-order valence-electron chi connectivity index (χ1n) is 7.81. The fourth-order valence-corrected chi connectivity index (χ4v) is 3.23. The molecule has 0 aromatic heterocycles. The molecule has 2 aromatic rings. The average molecular weight is 298 g/mol. The zero-order valence-electron chi connectivity index (χ0n) is 12.9. The second-order valence-electron chi connectivity index (χ2n) is 5.97. The lowest BCUT2D eigenvalue weighted by Crippen LogP contribution is -2.17. The van der Waals surface area contributed by atoms with Crippen molar-refractivity contribution in [1.29, 1.82) is 0 Å². The molecule has 0 spiro atoms. The lowest BCUT2D eigenvalue weighted by molar-refractivity contribution is 0.0295. The van der Waals surface area contributed by atoms with Gasteiger partial charge < -0.3 is 4.74 Å². The summed E-state index contributed by atoms with van der Waals surface area (Å²) in [6.07, 6.45) is 8.00. The van der Waals surface area contributed by atoms with E-state index in [2.05, 4.69) is 49.6 Å². The van der Waals surface area contributed by atoms with Crippen LogP contribution in [0.15, 0.2) is 85.0 Å². The molecule has 0 aliphatic heterocycles. The normalized spacial score (nSPS) is 21.9. The van der Waals surface area contributed by atoms with E-state index in [4.69, 9.17) is 4.74 Å². The van der Waals surface area contributed by atoms with Crippen molar-refractivity contribution in [3.63, 3.8) is 0 Å². The van der Waals surface area contributed by atoms with Crippen molar-refractivity contribution in [1.82, 2.24) is 0 Å². The Morgan fingerprint density at radius 1 is 0.609 bits per heavy atom. The Kier molecular flexibility index (Phi) is 3.36. The Labute approximate surface area is 136 Å². The Morgan fingerprint density at radius 3 is 1.52 bits per heavy atom. The van der Waals surface area contributed by atoms with Gasteiger partial charge in [0.25, 0.3) is 0 Å². The van der Waals surface area contributed by atoms with Gasteiger partial charge >= 0.3 is 0 Å². The first-order valence-corrected chi connectivity index (χ1v) is 7.81. The van der Waals surface area contributed by atoms with Gasteiger partial charge in [0.05, 0.1) is 0 Å². The SMILES string of the molecule is C=C1C=Cc2ccccc2C1OC1C(=C)C=Cc2ccccc21. The highest BCUT2D eigenvalue weighted by atomic mass is 16.5. The van der Waals surface area contributed by atoms with E-state index in [1.807, 2.05) is 36.4 Å². The Bertz CT molecular complexity index is 782. The molecule has 2 aliphatic carbocycles. The van der Waals surface area contributed by atoms with Crippen molar-refractivity contribution in [2.24, 2.45) is 0 Å². The summed E-state index contributed by atoms with van der Waals surface area (Å²) in [7, 11) is 0. The number of hydrogen-bond acceptors (Lipinski definition) is 1. The molecule has 2 unspecified atom stereocenters. The first-order chi connectivity index (χ1) is 11.2.